The van der Waals surface area contributed by atoms with Gasteiger partial charge in [0.05, 0.1) is 48.5 Å². The molecule has 1 aliphatic rings. The molecular formula is C25H30F5N7O2S. The molecular weight excluding hydrogens is 557 g/mol. The Morgan fingerprint density at radius 1 is 1.23 bits per heavy atom. The fraction of sp³-hybridized carbons (Fsp3) is 0.560. The number of halogens is 5. The number of aromatic nitrogens is 5. The van der Waals surface area contributed by atoms with Crippen LogP contribution in [0.5, 0.6) is 0 Å². The zero-order chi connectivity index (χ0) is 29.3. The lowest BCUT2D eigenvalue weighted by Gasteiger charge is -2.33. The lowest BCUT2D eigenvalue weighted by atomic mass is 9.81. The van der Waals surface area contributed by atoms with Gasteiger partial charge in [0.25, 0.3) is 5.91 Å². The van der Waals surface area contributed by atoms with E-state index in [0.717, 1.165) is 10.9 Å². The summed E-state index contributed by atoms with van der Waals surface area (Å²) in [5, 5.41) is 11.0. The van der Waals surface area contributed by atoms with Gasteiger partial charge in [-0.15, -0.1) is 0 Å². The van der Waals surface area contributed by atoms with Crippen LogP contribution in [0.1, 0.15) is 80.5 Å². The molecule has 1 aliphatic carbocycles. The van der Waals surface area contributed by atoms with Crippen LogP contribution >= 0.6 is 0 Å². The molecule has 0 radical (unpaired) electrons. The molecule has 3 heterocycles. The minimum Gasteiger partial charge on any atom is -0.591 e. The fourth-order valence-corrected chi connectivity index (χ4v) is 4.83. The molecule has 0 aliphatic heterocycles. The van der Waals surface area contributed by atoms with Crippen LogP contribution in [0.25, 0.3) is 5.65 Å². The van der Waals surface area contributed by atoms with Gasteiger partial charge >= 0.3 is 6.18 Å². The number of alkyl halides is 5. The largest absolute Gasteiger partial charge is 0.591 e. The highest BCUT2D eigenvalue weighted by Gasteiger charge is 2.39. The van der Waals surface area contributed by atoms with Crippen molar-refractivity contribution >= 4 is 29.1 Å². The predicted molar refractivity (Wildman–Crippen MR) is 138 cm³/mol. The molecule has 0 saturated heterocycles. The summed E-state index contributed by atoms with van der Waals surface area (Å²) in [6.07, 6.45) is 1.05. The van der Waals surface area contributed by atoms with Crippen molar-refractivity contribution in [3.63, 3.8) is 0 Å². The summed E-state index contributed by atoms with van der Waals surface area (Å²) < 4.78 is 83.8. The summed E-state index contributed by atoms with van der Waals surface area (Å²) in [7, 11) is 0. The van der Waals surface area contributed by atoms with Crippen LogP contribution in [0.4, 0.5) is 22.0 Å². The van der Waals surface area contributed by atoms with Gasteiger partial charge < -0.3 is 9.87 Å². The van der Waals surface area contributed by atoms with Crippen LogP contribution in [0.2, 0.25) is 0 Å². The second kappa shape index (κ2) is 11.4. The average Bonchev–Trinajstić information content (AvgIpc) is 3.50. The monoisotopic (exact) mass is 587 g/mol. The molecule has 218 valence electrons. The van der Waals surface area contributed by atoms with Gasteiger partial charge in [-0.2, -0.15) is 23.4 Å². The van der Waals surface area contributed by atoms with Crippen molar-refractivity contribution in [3.05, 3.63) is 47.7 Å². The van der Waals surface area contributed by atoms with Crippen molar-refractivity contribution in [1.29, 1.82) is 0 Å². The number of nitrogens with one attached hydrogen (secondary N) is 1. The van der Waals surface area contributed by atoms with E-state index in [1.54, 1.807) is 33.0 Å². The van der Waals surface area contributed by atoms with E-state index in [2.05, 4.69) is 24.9 Å². The number of amides is 1. The number of carbonyl (C=O) groups excluding carboxylic acids is 1. The molecule has 1 fully saturated rings. The van der Waals surface area contributed by atoms with Crippen molar-refractivity contribution in [2.75, 3.05) is 0 Å². The number of carbonyl (C=O) groups is 1. The van der Waals surface area contributed by atoms with Gasteiger partial charge in [0.15, 0.2) is 5.65 Å². The van der Waals surface area contributed by atoms with E-state index < -0.39 is 53.1 Å². The van der Waals surface area contributed by atoms with Crippen LogP contribution in [-0.2, 0) is 17.9 Å². The zero-order valence-electron chi connectivity index (χ0n) is 22.2. The van der Waals surface area contributed by atoms with Crippen LogP contribution in [0.3, 0.4) is 0 Å². The normalized spacial score (nSPS) is 18.3. The standard InChI is InChI=1S/C25H30F5N7O2S/c1-23(2,3)40(39)33-12-16-10-20-34-19(15-37(20)32-11-16)21(17-4-6-24(26,27)7-5-17)35-22(38)18-13-31-36(14-18)9-8-25(28,29)30/h10-15,17,21H,4-9H2,1-3H3,(H,35,38)/t21-,40?/m0/s1. The van der Waals surface area contributed by atoms with Crippen molar-refractivity contribution in [1.82, 2.24) is 29.7 Å². The average molecular weight is 588 g/mol. The van der Waals surface area contributed by atoms with Gasteiger partial charge in [0.2, 0.25) is 5.92 Å². The Balaban J connectivity index is 1.57. The van der Waals surface area contributed by atoms with E-state index in [4.69, 9.17) is 0 Å². The second-order valence-electron chi connectivity index (χ2n) is 10.9. The molecule has 40 heavy (non-hydrogen) atoms. The van der Waals surface area contributed by atoms with Gasteiger partial charge in [-0.1, -0.05) is 4.40 Å². The summed E-state index contributed by atoms with van der Waals surface area (Å²) in [6, 6.07) is 0.910. The predicted octanol–water partition coefficient (Wildman–Crippen LogP) is 5.06. The van der Waals surface area contributed by atoms with Crippen LogP contribution in [0.15, 0.2) is 35.3 Å². The first-order valence-corrected chi connectivity index (χ1v) is 13.8. The molecule has 3 aromatic rings. The minimum atomic E-state index is -4.37. The van der Waals surface area contributed by atoms with Gasteiger partial charge in [-0.3, -0.25) is 9.48 Å². The third-order valence-corrected chi connectivity index (χ3v) is 7.88. The summed E-state index contributed by atoms with van der Waals surface area (Å²) >= 11 is -1.47. The molecule has 4 rings (SSSR count). The molecule has 0 aromatic carbocycles. The highest BCUT2D eigenvalue weighted by molar-refractivity contribution is 7.91. The highest BCUT2D eigenvalue weighted by Crippen LogP contribution is 2.41. The minimum absolute atomic E-state index is 0.0422. The van der Waals surface area contributed by atoms with E-state index in [0.29, 0.717) is 16.9 Å². The summed E-state index contributed by atoms with van der Waals surface area (Å²) in [6.45, 7) is 4.95. The molecule has 1 N–H and O–H groups in total. The van der Waals surface area contributed by atoms with E-state index in [9.17, 15) is 31.3 Å². The lowest BCUT2D eigenvalue weighted by molar-refractivity contribution is -0.137. The highest BCUT2D eigenvalue weighted by atomic mass is 32.2. The molecule has 2 atom stereocenters. The maximum absolute atomic E-state index is 13.9. The SMILES string of the molecule is CC(C)(C)[S+]([O-])N=Cc1cnn2cc([C@@H](NC(=O)c3cnn(CCC(F)(F)F)c3)C3CCC(F)(F)CC3)nc2c1. The molecule has 9 nitrogen and oxygen atoms in total. The van der Waals surface area contributed by atoms with E-state index in [1.165, 1.54) is 23.1 Å². The van der Waals surface area contributed by atoms with Crippen molar-refractivity contribution < 1.29 is 31.3 Å². The van der Waals surface area contributed by atoms with Crippen LogP contribution < -0.4 is 5.32 Å². The van der Waals surface area contributed by atoms with Crippen molar-refractivity contribution in [3.8, 4) is 0 Å². The Morgan fingerprint density at radius 3 is 2.58 bits per heavy atom. The zero-order valence-corrected chi connectivity index (χ0v) is 23.0. The maximum Gasteiger partial charge on any atom is 0.390 e. The molecule has 1 unspecified atom stereocenters. The van der Waals surface area contributed by atoms with Gasteiger partial charge in [0, 0.05) is 31.1 Å². The topological polar surface area (TPSA) is 113 Å². The third kappa shape index (κ3) is 7.77. The number of fused-ring (bicyclic) bond motifs is 1. The summed E-state index contributed by atoms with van der Waals surface area (Å²) in [5.74, 6) is -3.75. The molecule has 1 amide bonds. The molecule has 3 aromatic heterocycles. The van der Waals surface area contributed by atoms with Crippen LogP contribution in [0, 0.1) is 5.92 Å². The Labute approximate surface area is 230 Å². The number of aryl methyl sites for hydroxylation is 1. The van der Waals surface area contributed by atoms with Gasteiger partial charge in [-0.25, -0.2) is 18.3 Å². The van der Waals surface area contributed by atoms with E-state index in [-0.39, 0.29) is 37.2 Å². The Kier molecular flexibility index (Phi) is 8.54. The van der Waals surface area contributed by atoms with E-state index in [1.807, 2.05) is 0 Å². The van der Waals surface area contributed by atoms with Crippen molar-refractivity contribution in [2.45, 2.75) is 82.3 Å². The first kappa shape index (κ1) is 29.9. The second-order valence-corrected chi connectivity index (χ2v) is 12.8. The van der Waals surface area contributed by atoms with Crippen LogP contribution in [-0.4, -0.2) is 57.9 Å². The smallest absolute Gasteiger partial charge is 0.390 e. The Morgan fingerprint density at radius 2 is 1.93 bits per heavy atom. The summed E-state index contributed by atoms with van der Waals surface area (Å²) in [5.41, 5.74) is 1.39. The third-order valence-electron chi connectivity index (χ3n) is 6.54. The maximum atomic E-state index is 13.9. The molecule has 1 saturated carbocycles. The molecule has 15 heteroatoms. The first-order valence-electron chi connectivity index (χ1n) is 12.7. The lowest BCUT2D eigenvalue weighted by Crippen LogP contribution is -2.37. The Hall–Kier alpha value is -3.07. The fourth-order valence-electron chi connectivity index (χ4n) is 4.30. The number of imidazole rings is 1. The van der Waals surface area contributed by atoms with E-state index >= 15 is 0 Å². The quantitative estimate of drug-likeness (QED) is 0.225. The molecule has 0 bridgehead atoms. The van der Waals surface area contributed by atoms with Gasteiger partial charge in [-0.05, 0) is 45.6 Å². The number of nitrogens with zero attached hydrogens (tertiary/aromatic N) is 6. The summed E-state index contributed by atoms with van der Waals surface area (Å²) in [4.78, 5) is 17.7. The number of rotatable bonds is 8. The number of hydrogen-bond donors (Lipinski definition) is 1. The van der Waals surface area contributed by atoms with Gasteiger partial charge in [0.1, 0.15) is 16.1 Å². The van der Waals surface area contributed by atoms with Crippen molar-refractivity contribution in [2.24, 2.45) is 10.3 Å². The Bertz CT molecular complexity index is 1360. The first-order chi connectivity index (χ1) is 18.6. The molecule has 0 spiro atoms. The number of hydrogen-bond acceptors (Lipinski definition) is 6.